The van der Waals surface area contributed by atoms with Gasteiger partial charge in [0, 0.05) is 5.56 Å². The minimum absolute atomic E-state index is 0.0916. The highest BCUT2D eigenvalue weighted by atomic mass is 32.2. The highest BCUT2D eigenvalue weighted by Gasteiger charge is 2.18. The van der Waals surface area contributed by atoms with Gasteiger partial charge in [-0.1, -0.05) is 48.0 Å². The molecule has 5 nitrogen and oxygen atoms in total. The summed E-state index contributed by atoms with van der Waals surface area (Å²) in [5, 5.41) is 2.90. The second-order valence-corrected chi connectivity index (χ2v) is 8.03. The number of rotatable bonds is 6. The van der Waals surface area contributed by atoms with Crippen molar-refractivity contribution in [2.45, 2.75) is 24.8 Å². The van der Waals surface area contributed by atoms with Gasteiger partial charge in [0.1, 0.15) is 10.6 Å². The molecule has 0 bridgehead atoms. The molecule has 1 atom stereocenters. The van der Waals surface area contributed by atoms with Crippen LogP contribution < -0.4 is 9.50 Å². The SMILES string of the molecule is Cc1ccc(S(=O)(=O)Oc2cccc(C(C)NC(=O)c3ccccc3)c2)cc1. The zero-order chi connectivity index (χ0) is 20.1. The number of hydrogen-bond acceptors (Lipinski definition) is 4. The Balaban J connectivity index is 1.74. The Morgan fingerprint density at radius 2 is 1.61 bits per heavy atom. The summed E-state index contributed by atoms with van der Waals surface area (Å²) in [5.74, 6) is -0.00872. The molecule has 1 unspecified atom stereocenters. The summed E-state index contributed by atoms with van der Waals surface area (Å²) in [6, 6.07) is 21.7. The van der Waals surface area contributed by atoms with Crippen LogP contribution in [0.5, 0.6) is 5.75 Å². The van der Waals surface area contributed by atoms with Crippen molar-refractivity contribution in [2.75, 3.05) is 0 Å². The van der Waals surface area contributed by atoms with Crippen LogP contribution in [0.25, 0.3) is 0 Å². The maximum atomic E-state index is 12.5. The molecule has 144 valence electrons. The van der Waals surface area contributed by atoms with E-state index in [0.29, 0.717) is 5.56 Å². The molecule has 28 heavy (non-hydrogen) atoms. The van der Waals surface area contributed by atoms with Crippen LogP contribution in [-0.2, 0) is 10.1 Å². The van der Waals surface area contributed by atoms with Gasteiger partial charge in [0.25, 0.3) is 5.91 Å². The zero-order valence-corrected chi connectivity index (χ0v) is 16.4. The van der Waals surface area contributed by atoms with Crippen molar-refractivity contribution >= 4 is 16.0 Å². The molecule has 0 fully saturated rings. The Kier molecular flexibility index (Phi) is 5.80. The normalized spacial score (nSPS) is 12.2. The Morgan fingerprint density at radius 1 is 0.929 bits per heavy atom. The number of carbonyl (C=O) groups is 1. The molecule has 6 heteroatoms. The maximum absolute atomic E-state index is 12.5. The minimum Gasteiger partial charge on any atom is -0.379 e. The molecule has 0 radical (unpaired) electrons. The van der Waals surface area contributed by atoms with Crippen molar-refractivity contribution in [3.8, 4) is 5.75 Å². The van der Waals surface area contributed by atoms with Crippen LogP contribution in [0, 0.1) is 6.92 Å². The topological polar surface area (TPSA) is 72.5 Å². The third kappa shape index (κ3) is 4.78. The van der Waals surface area contributed by atoms with Crippen LogP contribution in [0.4, 0.5) is 0 Å². The second-order valence-electron chi connectivity index (χ2n) is 6.48. The third-order valence-electron chi connectivity index (χ3n) is 4.26. The largest absolute Gasteiger partial charge is 0.379 e. The summed E-state index contributed by atoms with van der Waals surface area (Å²) < 4.78 is 30.2. The molecule has 3 aromatic carbocycles. The van der Waals surface area contributed by atoms with Gasteiger partial charge in [-0.15, -0.1) is 0 Å². The van der Waals surface area contributed by atoms with E-state index in [1.807, 2.05) is 19.9 Å². The van der Waals surface area contributed by atoms with Gasteiger partial charge in [-0.05, 0) is 55.8 Å². The van der Waals surface area contributed by atoms with Crippen LogP contribution in [0.1, 0.15) is 34.5 Å². The quantitative estimate of drug-likeness (QED) is 0.633. The molecular weight excluding hydrogens is 374 g/mol. The van der Waals surface area contributed by atoms with Crippen LogP contribution in [0.15, 0.2) is 83.8 Å². The van der Waals surface area contributed by atoms with Gasteiger partial charge in [0.15, 0.2) is 0 Å². The van der Waals surface area contributed by atoms with E-state index in [9.17, 15) is 13.2 Å². The Hall–Kier alpha value is -3.12. The van der Waals surface area contributed by atoms with Gasteiger partial charge >= 0.3 is 10.1 Å². The first kappa shape index (κ1) is 19.6. The fraction of sp³-hybridized carbons (Fsp3) is 0.136. The van der Waals surface area contributed by atoms with Gasteiger partial charge < -0.3 is 9.50 Å². The number of hydrogen-bond donors (Lipinski definition) is 1. The Morgan fingerprint density at radius 3 is 2.29 bits per heavy atom. The maximum Gasteiger partial charge on any atom is 0.339 e. The van der Waals surface area contributed by atoms with E-state index in [-0.39, 0.29) is 22.6 Å². The molecule has 0 saturated heterocycles. The number of benzene rings is 3. The van der Waals surface area contributed by atoms with Gasteiger partial charge in [0.05, 0.1) is 6.04 Å². The van der Waals surface area contributed by atoms with Crippen molar-refractivity contribution in [3.05, 3.63) is 95.6 Å². The summed E-state index contributed by atoms with van der Waals surface area (Å²) in [6.45, 7) is 3.71. The fourth-order valence-electron chi connectivity index (χ4n) is 2.67. The average Bonchev–Trinajstić information content (AvgIpc) is 2.69. The molecule has 0 aliphatic carbocycles. The molecule has 0 saturated carbocycles. The van der Waals surface area contributed by atoms with Crippen LogP contribution in [0.3, 0.4) is 0 Å². The molecule has 0 aliphatic heterocycles. The molecule has 3 rings (SSSR count). The minimum atomic E-state index is -3.93. The first-order valence-electron chi connectivity index (χ1n) is 8.82. The van der Waals surface area contributed by atoms with E-state index in [1.165, 1.54) is 12.1 Å². The van der Waals surface area contributed by atoms with Crippen LogP contribution >= 0.6 is 0 Å². The lowest BCUT2D eigenvalue weighted by atomic mass is 10.1. The van der Waals surface area contributed by atoms with E-state index in [2.05, 4.69) is 5.32 Å². The van der Waals surface area contributed by atoms with Crippen molar-refractivity contribution in [1.82, 2.24) is 5.32 Å². The molecule has 0 spiro atoms. The fourth-order valence-corrected chi connectivity index (χ4v) is 3.59. The highest BCUT2D eigenvalue weighted by Crippen LogP contribution is 2.23. The van der Waals surface area contributed by atoms with Crippen molar-refractivity contribution in [1.29, 1.82) is 0 Å². The Bertz CT molecular complexity index is 1060. The number of carbonyl (C=O) groups excluding carboxylic acids is 1. The van der Waals surface area contributed by atoms with E-state index in [0.717, 1.165) is 11.1 Å². The van der Waals surface area contributed by atoms with Gasteiger partial charge in [-0.2, -0.15) is 8.42 Å². The summed E-state index contributed by atoms with van der Waals surface area (Å²) >= 11 is 0. The van der Waals surface area contributed by atoms with E-state index in [4.69, 9.17) is 4.18 Å². The summed E-state index contributed by atoms with van der Waals surface area (Å²) in [6.07, 6.45) is 0. The number of amides is 1. The van der Waals surface area contributed by atoms with E-state index < -0.39 is 10.1 Å². The van der Waals surface area contributed by atoms with Crippen LogP contribution in [-0.4, -0.2) is 14.3 Å². The standard InChI is InChI=1S/C22H21NO4S/c1-16-11-13-21(14-12-16)28(25,26)27-20-10-6-9-19(15-20)17(2)23-22(24)18-7-4-3-5-8-18/h3-15,17H,1-2H3,(H,23,24). The van der Waals surface area contributed by atoms with Gasteiger partial charge in [-0.25, -0.2) is 0 Å². The summed E-state index contributed by atoms with van der Waals surface area (Å²) in [7, 11) is -3.93. The molecule has 0 heterocycles. The lowest BCUT2D eigenvalue weighted by Crippen LogP contribution is -2.26. The molecule has 1 amide bonds. The number of nitrogens with one attached hydrogen (secondary N) is 1. The summed E-state index contributed by atoms with van der Waals surface area (Å²) in [4.78, 5) is 12.4. The summed E-state index contributed by atoms with van der Waals surface area (Å²) in [5.41, 5.74) is 2.26. The average molecular weight is 395 g/mol. The van der Waals surface area contributed by atoms with Crippen LogP contribution in [0.2, 0.25) is 0 Å². The van der Waals surface area contributed by atoms with E-state index >= 15 is 0 Å². The molecule has 1 N–H and O–H groups in total. The highest BCUT2D eigenvalue weighted by molar-refractivity contribution is 7.87. The predicted octanol–water partition coefficient (Wildman–Crippen LogP) is 4.25. The van der Waals surface area contributed by atoms with Gasteiger partial charge in [-0.3, -0.25) is 4.79 Å². The van der Waals surface area contributed by atoms with Crippen molar-refractivity contribution < 1.29 is 17.4 Å². The lowest BCUT2D eigenvalue weighted by Gasteiger charge is -2.15. The van der Waals surface area contributed by atoms with Gasteiger partial charge in [0.2, 0.25) is 0 Å². The van der Waals surface area contributed by atoms with Crippen molar-refractivity contribution in [3.63, 3.8) is 0 Å². The first-order valence-corrected chi connectivity index (χ1v) is 10.2. The number of aryl methyl sites for hydroxylation is 1. The predicted molar refractivity (Wildman–Crippen MR) is 108 cm³/mol. The monoisotopic (exact) mass is 395 g/mol. The molecule has 3 aromatic rings. The molecule has 0 aliphatic rings. The smallest absolute Gasteiger partial charge is 0.339 e. The van der Waals surface area contributed by atoms with E-state index in [1.54, 1.807) is 60.7 Å². The molecule has 0 aromatic heterocycles. The third-order valence-corrected chi connectivity index (χ3v) is 5.52. The van der Waals surface area contributed by atoms with Crippen molar-refractivity contribution in [2.24, 2.45) is 0 Å². The zero-order valence-electron chi connectivity index (χ0n) is 15.6. The Labute approximate surface area is 165 Å². The lowest BCUT2D eigenvalue weighted by molar-refractivity contribution is 0.0940. The first-order chi connectivity index (χ1) is 13.3. The second kappa shape index (κ2) is 8.27. The molecular formula is C22H21NO4S.